The number of hydrogen-bond acceptors (Lipinski definition) is 3. The van der Waals surface area contributed by atoms with E-state index in [0.717, 1.165) is 27.0 Å². The molecule has 1 N–H and O–H groups in total. The van der Waals surface area contributed by atoms with Gasteiger partial charge in [-0.2, -0.15) is 0 Å². The Hall–Kier alpha value is -2.75. The van der Waals surface area contributed by atoms with E-state index in [1.165, 1.54) is 11.0 Å². The van der Waals surface area contributed by atoms with Gasteiger partial charge in [-0.25, -0.2) is 8.78 Å². The van der Waals surface area contributed by atoms with Crippen molar-refractivity contribution in [2.24, 2.45) is 0 Å². The van der Waals surface area contributed by atoms with Crippen molar-refractivity contribution >= 4 is 40.1 Å². The van der Waals surface area contributed by atoms with Gasteiger partial charge >= 0.3 is 0 Å². The Labute approximate surface area is 197 Å². The third-order valence-electron chi connectivity index (χ3n) is 5.57. The molecular weight excluding hydrogens is 529 g/mol. The molecule has 0 saturated carbocycles. The lowest BCUT2D eigenvalue weighted by Crippen LogP contribution is -2.35. The zero-order chi connectivity index (χ0) is 23.2. The second-order valence-corrected chi connectivity index (χ2v) is 9.47. The average molecular weight is 550 g/mol. The van der Waals surface area contributed by atoms with Crippen LogP contribution in [0.3, 0.4) is 0 Å². The van der Waals surface area contributed by atoms with E-state index in [4.69, 9.17) is 4.42 Å². The molecule has 2 aromatic carbocycles. The predicted molar refractivity (Wildman–Crippen MR) is 124 cm³/mol. The highest BCUT2D eigenvalue weighted by Crippen LogP contribution is 2.45. The highest BCUT2D eigenvalue weighted by molar-refractivity contribution is 14.1. The fraction of sp³-hybridized carbons (Fsp3) is 0.250. The van der Waals surface area contributed by atoms with Gasteiger partial charge in [0.1, 0.15) is 11.5 Å². The first-order valence-corrected chi connectivity index (χ1v) is 11.1. The zero-order valence-electron chi connectivity index (χ0n) is 17.8. The Kier molecular flexibility index (Phi) is 5.83. The predicted octanol–water partition coefficient (Wildman–Crippen LogP) is 5.23. The van der Waals surface area contributed by atoms with Crippen molar-refractivity contribution in [2.75, 3.05) is 4.90 Å². The Morgan fingerprint density at radius 2 is 1.88 bits per heavy atom. The van der Waals surface area contributed by atoms with E-state index in [0.29, 0.717) is 22.6 Å². The average Bonchev–Trinajstić information content (AvgIpc) is 3.23. The van der Waals surface area contributed by atoms with Gasteiger partial charge in [-0.1, -0.05) is 6.07 Å². The van der Waals surface area contributed by atoms with Gasteiger partial charge in [0.25, 0.3) is 5.91 Å². The number of halogens is 3. The second kappa shape index (κ2) is 8.31. The summed E-state index contributed by atoms with van der Waals surface area (Å²) in [6.07, 6.45) is 0. The van der Waals surface area contributed by atoms with Crippen molar-refractivity contribution in [1.29, 1.82) is 0 Å². The number of furan rings is 1. The Bertz CT molecular complexity index is 1240. The number of fused-ring (bicyclic) bond motifs is 1. The maximum atomic E-state index is 13.7. The molecule has 0 radical (unpaired) electrons. The first-order valence-electron chi connectivity index (χ1n) is 10.0. The molecule has 0 bridgehead atoms. The fourth-order valence-corrected chi connectivity index (χ4v) is 5.22. The van der Waals surface area contributed by atoms with Crippen molar-refractivity contribution in [3.63, 3.8) is 0 Å². The maximum absolute atomic E-state index is 13.7. The number of nitrogens with one attached hydrogen (secondary N) is 1. The molecule has 5 nitrogen and oxygen atoms in total. The van der Waals surface area contributed by atoms with Crippen LogP contribution >= 0.6 is 22.6 Å². The lowest BCUT2D eigenvalue weighted by atomic mass is 9.86. The third-order valence-corrected chi connectivity index (χ3v) is 6.42. The number of carbonyl (C=O) groups excluding carboxylic acids is 2. The second-order valence-electron chi connectivity index (χ2n) is 8.31. The van der Waals surface area contributed by atoms with E-state index in [1.807, 2.05) is 26.8 Å². The largest absolute Gasteiger partial charge is 0.465 e. The number of benzene rings is 2. The molecule has 4 rings (SSSR count). The molecule has 0 fully saturated rings. The van der Waals surface area contributed by atoms with Gasteiger partial charge in [-0.05, 0) is 85.3 Å². The van der Waals surface area contributed by atoms with Crippen LogP contribution in [0.25, 0.3) is 0 Å². The SMILES string of the molecule is Cc1ccc(CNC(=O)c2cc(I)c3c(c2)N(Cc2ccc(F)c(F)c2)C(=O)C3(C)C)o1. The highest BCUT2D eigenvalue weighted by atomic mass is 127. The number of rotatable bonds is 5. The summed E-state index contributed by atoms with van der Waals surface area (Å²) in [5.41, 5.74) is 1.45. The number of amides is 2. The number of anilines is 1. The minimum atomic E-state index is -0.968. The summed E-state index contributed by atoms with van der Waals surface area (Å²) in [5.74, 6) is -0.978. The summed E-state index contributed by atoms with van der Waals surface area (Å²) in [4.78, 5) is 27.6. The molecule has 2 heterocycles. The monoisotopic (exact) mass is 550 g/mol. The molecule has 2 amide bonds. The van der Waals surface area contributed by atoms with Gasteiger partial charge in [-0.3, -0.25) is 9.59 Å². The van der Waals surface area contributed by atoms with Crippen molar-refractivity contribution in [3.05, 3.63) is 85.9 Å². The van der Waals surface area contributed by atoms with Crippen molar-refractivity contribution in [1.82, 2.24) is 5.32 Å². The van der Waals surface area contributed by atoms with Crippen LogP contribution in [0.4, 0.5) is 14.5 Å². The van der Waals surface area contributed by atoms with Crippen molar-refractivity contribution < 1.29 is 22.8 Å². The summed E-state index contributed by atoms with van der Waals surface area (Å²) in [6, 6.07) is 10.6. The first kappa shape index (κ1) is 22.4. The Morgan fingerprint density at radius 1 is 1.12 bits per heavy atom. The summed E-state index contributed by atoms with van der Waals surface area (Å²) in [5, 5.41) is 2.83. The van der Waals surface area contributed by atoms with Crippen molar-refractivity contribution in [3.8, 4) is 0 Å². The molecule has 166 valence electrons. The number of hydrogen-bond donors (Lipinski definition) is 1. The van der Waals surface area contributed by atoms with E-state index in [2.05, 4.69) is 27.9 Å². The van der Waals surface area contributed by atoms with E-state index >= 15 is 0 Å². The molecule has 0 atom stereocenters. The van der Waals surface area contributed by atoms with Gasteiger partial charge < -0.3 is 14.6 Å². The van der Waals surface area contributed by atoms with Crippen molar-refractivity contribution in [2.45, 2.75) is 39.3 Å². The standard InChI is InChI=1S/C24H21F2IN2O3/c1-13-4-6-16(32-13)11-28-22(30)15-9-19(27)21-20(10-15)29(23(31)24(21,2)3)12-14-5-7-17(25)18(26)8-14/h4-10H,11-12H2,1-3H3,(H,28,30). The fourth-order valence-electron chi connectivity index (χ4n) is 3.94. The van der Waals surface area contributed by atoms with E-state index in [-0.39, 0.29) is 24.9 Å². The van der Waals surface area contributed by atoms with Crippen LogP contribution in [0.5, 0.6) is 0 Å². The Balaban J connectivity index is 1.66. The smallest absolute Gasteiger partial charge is 0.251 e. The Morgan fingerprint density at radius 3 is 2.53 bits per heavy atom. The molecule has 8 heteroatoms. The van der Waals surface area contributed by atoms with Gasteiger partial charge in [0, 0.05) is 14.7 Å². The molecule has 1 aliphatic heterocycles. The normalized spacial score (nSPS) is 14.6. The minimum absolute atomic E-state index is 0.0687. The molecule has 0 aliphatic carbocycles. The number of nitrogens with zero attached hydrogens (tertiary/aromatic N) is 1. The van der Waals surface area contributed by atoms with E-state index in [9.17, 15) is 18.4 Å². The molecule has 3 aromatic rings. The maximum Gasteiger partial charge on any atom is 0.251 e. The minimum Gasteiger partial charge on any atom is -0.465 e. The summed E-state index contributed by atoms with van der Waals surface area (Å²) < 4.78 is 33.3. The molecule has 1 aromatic heterocycles. The van der Waals surface area contributed by atoms with Gasteiger partial charge in [0.2, 0.25) is 5.91 Å². The van der Waals surface area contributed by atoms with Crippen LogP contribution in [-0.2, 0) is 23.3 Å². The lowest BCUT2D eigenvalue weighted by molar-refractivity contribution is -0.122. The van der Waals surface area contributed by atoms with Gasteiger partial charge in [0.15, 0.2) is 11.6 Å². The highest BCUT2D eigenvalue weighted by Gasteiger charge is 2.45. The van der Waals surface area contributed by atoms with E-state index in [1.54, 1.807) is 18.2 Å². The van der Waals surface area contributed by atoms with Crippen LogP contribution in [0.1, 0.15) is 46.9 Å². The van der Waals surface area contributed by atoms with Crippen LogP contribution in [0, 0.1) is 22.1 Å². The first-order chi connectivity index (χ1) is 15.1. The van der Waals surface area contributed by atoms with Crippen LogP contribution in [0.15, 0.2) is 46.9 Å². The number of aryl methyl sites for hydroxylation is 1. The molecule has 32 heavy (non-hydrogen) atoms. The molecule has 1 aliphatic rings. The van der Waals surface area contributed by atoms with Gasteiger partial charge in [-0.15, -0.1) is 0 Å². The van der Waals surface area contributed by atoms with Crippen LogP contribution < -0.4 is 10.2 Å². The molecule has 0 saturated heterocycles. The number of carbonyl (C=O) groups is 2. The molecular formula is C24H21F2IN2O3. The quantitative estimate of drug-likeness (QED) is 0.443. The van der Waals surface area contributed by atoms with E-state index < -0.39 is 17.0 Å². The summed E-state index contributed by atoms with van der Waals surface area (Å²) >= 11 is 2.13. The summed E-state index contributed by atoms with van der Waals surface area (Å²) in [7, 11) is 0. The third kappa shape index (κ3) is 4.03. The van der Waals surface area contributed by atoms with Crippen LogP contribution in [0.2, 0.25) is 0 Å². The lowest BCUT2D eigenvalue weighted by Gasteiger charge is -2.20. The van der Waals surface area contributed by atoms with Crippen LogP contribution in [-0.4, -0.2) is 11.8 Å². The summed E-state index contributed by atoms with van der Waals surface area (Å²) in [6.45, 7) is 5.78. The zero-order valence-corrected chi connectivity index (χ0v) is 19.9. The molecule has 0 spiro atoms. The van der Waals surface area contributed by atoms with Gasteiger partial charge in [0.05, 0.1) is 24.2 Å². The topological polar surface area (TPSA) is 62.6 Å². The molecule has 0 unspecified atom stereocenters.